The Bertz CT molecular complexity index is 819. The van der Waals surface area contributed by atoms with E-state index >= 15 is 0 Å². The molecule has 1 saturated heterocycles. The monoisotopic (exact) mass is 374 g/mol. The molecule has 0 bridgehead atoms. The Morgan fingerprint density at radius 3 is 2.59 bits per heavy atom. The number of morpholine rings is 1. The van der Waals surface area contributed by atoms with Crippen molar-refractivity contribution in [2.75, 3.05) is 31.6 Å². The van der Waals surface area contributed by atoms with E-state index in [9.17, 15) is 9.59 Å². The summed E-state index contributed by atoms with van der Waals surface area (Å²) >= 11 is 0. The standard InChI is InChI=1S/C18H26N6O3/c1-4-23-17(18(26)22-7-9-27-10-8-22)15(12-19-23)20-16(25)5-6-24-14(3)11-13(2)21-24/h11-12H,4-10H2,1-3H3,(H,20,25). The second kappa shape index (κ2) is 8.34. The summed E-state index contributed by atoms with van der Waals surface area (Å²) in [7, 11) is 0. The zero-order chi connectivity index (χ0) is 19.4. The molecule has 0 aliphatic carbocycles. The Morgan fingerprint density at radius 1 is 1.22 bits per heavy atom. The van der Waals surface area contributed by atoms with Gasteiger partial charge in [-0.3, -0.25) is 19.0 Å². The molecule has 9 heteroatoms. The lowest BCUT2D eigenvalue weighted by molar-refractivity contribution is -0.116. The van der Waals surface area contributed by atoms with Crippen molar-refractivity contribution in [1.29, 1.82) is 0 Å². The molecule has 2 aromatic heterocycles. The molecule has 2 aromatic rings. The van der Waals surface area contributed by atoms with Crippen LogP contribution in [0.25, 0.3) is 0 Å². The Morgan fingerprint density at radius 2 is 1.96 bits per heavy atom. The Hall–Kier alpha value is -2.68. The molecule has 3 rings (SSSR count). The lowest BCUT2D eigenvalue weighted by Crippen LogP contribution is -2.41. The van der Waals surface area contributed by atoms with Gasteiger partial charge < -0.3 is 15.0 Å². The van der Waals surface area contributed by atoms with E-state index in [1.165, 1.54) is 0 Å². The van der Waals surface area contributed by atoms with E-state index in [4.69, 9.17) is 4.74 Å². The van der Waals surface area contributed by atoms with E-state index in [2.05, 4.69) is 15.5 Å². The van der Waals surface area contributed by atoms with Crippen molar-refractivity contribution in [3.63, 3.8) is 0 Å². The number of aromatic nitrogens is 4. The first-order valence-electron chi connectivity index (χ1n) is 9.23. The predicted octanol–water partition coefficient (Wildman–Crippen LogP) is 1.22. The van der Waals surface area contributed by atoms with Gasteiger partial charge in [0.25, 0.3) is 5.91 Å². The maximum atomic E-state index is 12.9. The summed E-state index contributed by atoms with van der Waals surface area (Å²) in [5, 5.41) is 11.4. The van der Waals surface area contributed by atoms with Gasteiger partial charge in [-0.1, -0.05) is 0 Å². The molecule has 0 atom stereocenters. The minimum Gasteiger partial charge on any atom is -0.378 e. The number of anilines is 1. The van der Waals surface area contributed by atoms with Gasteiger partial charge in [-0.05, 0) is 26.8 Å². The highest BCUT2D eigenvalue weighted by molar-refractivity contribution is 6.02. The van der Waals surface area contributed by atoms with Gasteiger partial charge in [0.2, 0.25) is 5.91 Å². The van der Waals surface area contributed by atoms with Gasteiger partial charge in [-0.15, -0.1) is 0 Å². The molecule has 2 amide bonds. The van der Waals surface area contributed by atoms with E-state index in [-0.39, 0.29) is 18.2 Å². The lowest BCUT2D eigenvalue weighted by Gasteiger charge is -2.27. The summed E-state index contributed by atoms with van der Waals surface area (Å²) in [6.07, 6.45) is 1.81. The summed E-state index contributed by atoms with van der Waals surface area (Å²) in [4.78, 5) is 27.1. The molecule has 1 aliphatic heterocycles. The van der Waals surface area contributed by atoms with E-state index < -0.39 is 0 Å². The molecule has 27 heavy (non-hydrogen) atoms. The molecule has 1 fully saturated rings. The zero-order valence-corrected chi connectivity index (χ0v) is 16.1. The maximum absolute atomic E-state index is 12.9. The van der Waals surface area contributed by atoms with Gasteiger partial charge in [0.1, 0.15) is 5.69 Å². The molecule has 1 aliphatic rings. The third-order valence-electron chi connectivity index (χ3n) is 4.57. The van der Waals surface area contributed by atoms with Crippen LogP contribution in [0.2, 0.25) is 0 Å². The number of hydrogen-bond donors (Lipinski definition) is 1. The highest BCUT2D eigenvalue weighted by Gasteiger charge is 2.26. The first-order valence-corrected chi connectivity index (χ1v) is 9.23. The largest absolute Gasteiger partial charge is 0.378 e. The molecular weight excluding hydrogens is 348 g/mol. The SMILES string of the molecule is CCn1ncc(NC(=O)CCn2nc(C)cc2C)c1C(=O)N1CCOCC1. The number of hydrogen-bond acceptors (Lipinski definition) is 5. The van der Waals surface area contributed by atoms with Crippen LogP contribution in [0.1, 0.15) is 35.2 Å². The van der Waals surface area contributed by atoms with Crippen LogP contribution in [-0.4, -0.2) is 62.6 Å². The highest BCUT2D eigenvalue weighted by atomic mass is 16.5. The minimum absolute atomic E-state index is 0.133. The van der Waals surface area contributed by atoms with Gasteiger partial charge in [0.05, 0.1) is 30.8 Å². The normalized spacial score (nSPS) is 14.4. The first-order chi connectivity index (χ1) is 13.0. The van der Waals surface area contributed by atoms with E-state index in [0.29, 0.717) is 50.8 Å². The van der Waals surface area contributed by atoms with Gasteiger partial charge >= 0.3 is 0 Å². The fourth-order valence-corrected chi connectivity index (χ4v) is 3.18. The highest BCUT2D eigenvalue weighted by Crippen LogP contribution is 2.19. The van der Waals surface area contributed by atoms with Crippen molar-refractivity contribution in [1.82, 2.24) is 24.5 Å². The number of carbonyl (C=O) groups excluding carboxylic acids is 2. The quantitative estimate of drug-likeness (QED) is 0.820. The van der Waals surface area contributed by atoms with E-state index in [0.717, 1.165) is 11.4 Å². The molecule has 0 aromatic carbocycles. The molecule has 146 valence electrons. The van der Waals surface area contributed by atoms with Crippen molar-refractivity contribution in [2.45, 2.75) is 40.3 Å². The topological polar surface area (TPSA) is 94.3 Å². The van der Waals surface area contributed by atoms with Crippen molar-refractivity contribution in [3.05, 3.63) is 29.3 Å². The lowest BCUT2D eigenvalue weighted by atomic mass is 10.2. The van der Waals surface area contributed by atoms with Crippen molar-refractivity contribution in [3.8, 4) is 0 Å². The number of rotatable bonds is 6. The first kappa shape index (κ1) is 19.1. The number of aryl methyl sites for hydroxylation is 4. The van der Waals surface area contributed by atoms with Crippen LogP contribution >= 0.6 is 0 Å². The maximum Gasteiger partial charge on any atom is 0.274 e. The smallest absolute Gasteiger partial charge is 0.274 e. The third kappa shape index (κ3) is 4.36. The Kier molecular flexibility index (Phi) is 5.90. The van der Waals surface area contributed by atoms with Crippen molar-refractivity contribution >= 4 is 17.5 Å². The average Bonchev–Trinajstić information content (AvgIpc) is 3.22. The number of nitrogens with zero attached hydrogens (tertiary/aromatic N) is 5. The van der Waals surface area contributed by atoms with Crippen LogP contribution in [0, 0.1) is 13.8 Å². The van der Waals surface area contributed by atoms with Crippen LogP contribution in [0.4, 0.5) is 5.69 Å². The zero-order valence-electron chi connectivity index (χ0n) is 16.1. The minimum atomic E-state index is -0.172. The number of carbonyl (C=O) groups is 2. The second-order valence-electron chi connectivity index (χ2n) is 6.58. The summed E-state index contributed by atoms with van der Waals surface area (Å²) in [5.74, 6) is -0.305. The third-order valence-corrected chi connectivity index (χ3v) is 4.57. The predicted molar refractivity (Wildman–Crippen MR) is 99.6 cm³/mol. The van der Waals surface area contributed by atoms with Gasteiger partial charge in [-0.25, -0.2) is 0 Å². The fraction of sp³-hybridized carbons (Fsp3) is 0.556. The second-order valence-corrected chi connectivity index (χ2v) is 6.58. The number of amides is 2. The summed E-state index contributed by atoms with van der Waals surface area (Å²) < 4.78 is 8.74. The molecular formula is C18H26N6O3. The Labute approximate surface area is 158 Å². The summed E-state index contributed by atoms with van der Waals surface area (Å²) in [6, 6.07) is 1.97. The van der Waals surface area contributed by atoms with Crippen molar-refractivity contribution < 1.29 is 14.3 Å². The molecule has 0 unspecified atom stereocenters. The van der Waals surface area contributed by atoms with Gasteiger partial charge in [0, 0.05) is 38.3 Å². The van der Waals surface area contributed by atoms with E-state index in [1.807, 2.05) is 31.5 Å². The number of nitrogens with one attached hydrogen (secondary N) is 1. The molecule has 0 spiro atoms. The summed E-state index contributed by atoms with van der Waals surface area (Å²) in [6.45, 7) is 8.96. The molecule has 3 heterocycles. The Balaban J connectivity index is 1.68. The fourth-order valence-electron chi connectivity index (χ4n) is 3.18. The van der Waals surface area contributed by atoms with Crippen LogP contribution in [0.3, 0.4) is 0 Å². The molecule has 0 saturated carbocycles. The number of ether oxygens (including phenoxy) is 1. The van der Waals surface area contributed by atoms with Crippen molar-refractivity contribution in [2.24, 2.45) is 0 Å². The van der Waals surface area contributed by atoms with Crippen LogP contribution < -0.4 is 5.32 Å². The summed E-state index contributed by atoms with van der Waals surface area (Å²) in [5.41, 5.74) is 2.81. The van der Waals surface area contributed by atoms with E-state index in [1.54, 1.807) is 15.8 Å². The van der Waals surface area contributed by atoms with Gasteiger partial charge in [-0.2, -0.15) is 10.2 Å². The van der Waals surface area contributed by atoms with Crippen LogP contribution in [0.5, 0.6) is 0 Å². The average molecular weight is 374 g/mol. The molecule has 1 N–H and O–H groups in total. The van der Waals surface area contributed by atoms with Crippen LogP contribution in [-0.2, 0) is 22.6 Å². The molecule has 0 radical (unpaired) electrons. The van der Waals surface area contributed by atoms with Crippen LogP contribution in [0.15, 0.2) is 12.3 Å². The molecule has 9 nitrogen and oxygen atoms in total. The van der Waals surface area contributed by atoms with Gasteiger partial charge in [0.15, 0.2) is 0 Å².